The topological polar surface area (TPSA) is 90.5 Å². The third kappa shape index (κ3) is 6.06. The Hall–Kier alpha value is -3.42. The highest BCUT2D eigenvalue weighted by atomic mass is 19.1. The van der Waals surface area contributed by atoms with Crippen molar-refractivity contribution < 1.29 is 18.8 Å². The van der Waals surface area contributed by atoms with E-state index >= 15 is 0 Å². The molecule has 0 spiro atoms. The molecular formula is C24H29FN4O3. The second-order valence-corrected chi connectivity index (χ2v) is 8.31. The van der Waals surface area contributed by atoms with Crippen molar-refractivity contribution in [2.24, 2.45) is 5.92 Å². The summed E-state index contributed by atoms with van der Waals surface area (Å²) in [5, 5.41) is 8.16. The summed E-state index contributed by atoms with van der Waals surface area (Å²) in [7, 11) is 0. The molecule has 1 aliphatic rings. The summed E-state index contributed by atoms with van der Waals surface area (Å²) in [5.74, 6) is -1.52. The molecule has 1 fully saturated rings. The van der Waals surface area contributed by atoms with Gasteiger partial charge < -0.3 is 20.9 Å². The normalized spacial score (nSPS) is 14.1. The largest absolute Gasteiger partial charge is 0.348 e. The number of halogens is 1. The second-order valence-electron chi connectivity index (χ2n) is 8.31. The molecule has 4 amide bonds. The van der Waals surface area contributed by atoms with E-state index < -0.39 is 11.8 Å². The van der Waals surface area contributed by atoms with Crippen LogP contribution in [0.1, 0.15) is 29.5 Å². The SMILES string of the molecule is Cc1cc(C)c(NC(=O)C(=O)NCC2CCN(C(=O)Nc3ccc(F)cc3)CC2)c(C)c1. The Bertz CT molecular complexity index is 976. The van der Waals surface area contributed by atoms with Crippen LogP contribution >= 0.6 is 0 Å². The van der Waals surface area contributed by atoms with Gasteiger partial charge in [0, 0.05) is 31.0 Å². The number of hydrogen-bond donors (Lipinski definition) is 3. The molecule has 3 rings (SSSR count). The zero-order chi connectivity index (χ0) is 23.3. The highest BCUT2D eigenvalue weighted by molar-refractivity contribution is 6.39. The first-order chi connectivity index (χ1) is 15.2. The lowest BCUT2D eigenvalue weighted by Crippen LogP contribution is -2.44. The number of hydrogen-bond acceptors (Lipinski definition) is 3. The number of piperidine rings is 1. The van der Waals surface area contributed by atoms with E-state index in [1.165, 1.54) is 24.3 Å². The van der Waals surface area contributed by atoms with Gasteiger partial charge in [-0.1, -0.05) is 17.7 Å². The van der Waals surface area contributed by atoms with Crippen molar-refractivity contribution in [1.29, 1.82) is 0 Å². The number of nitrogens with zero attached hydrogens (tertiary/aromatic N) is 1. The maximum Gasteiger partial charge on any atom is 0.321 e. The van der Waals surface area contributed by atoms with Gasteiger partial charge in [-0.25, -0.2) is 9.18 Å². The van der Waals surface area contributed by atoms with Crippen molar-refractivity contribution in [3.8, 4) is 0 Å². The molecule has 2 aromatic carbocycles. The summed E-state index contributed by atoms with van der Waals surface area (Å²) < 4.78 is 13.0. The van der Waals surface area contributed by atoms with Gasteiger partial charge in [-0.15, -0.1) is 0 Å². The number of likely N-dealkylation sites (tertiary alicyclic amines) is 1. The van der Waals surface area contributed by atoms with Crippen LogP contribution < -0.4 is 16.0 Å². The fraction of sp³-hybridized carbons (Fsp3) is 0.375. The summed E-state index contributed by atoms with van der Waals surface area (Å²) in [6, 6.07) is 9.30. The minimum atomic E-state index is -0.684. The van der Waals surface area contributed by atoms with Crippen LogP contribution in [-0.4, -0.2) is 42.4 Å². The van der Waals surface area contributed by atoms with Crippen molar-refractivity contribution in [3.63, 3.8) is 0 Å². The lowest BCUT2D eigenvalue weighted by Gasteiger charge is -2.32. The second kappa shape index (κ2) is 10.3. The average molecular weight is 441 g/mol. The van der Waals surface area contributed by atoms with Crippen LogP contribution in [0, 0.1) is 32.5 Å². The molecule has 1 heterocycles. The van der Waals surface area contributed by atoms with Gasteiger partial charge >= 0.3 is 17.8 Å². The summed E-state index contributed by atoms with van der Waals surface area (Å²) >= 11 is 0. The van der Waals surface area contributed by atoms with E-state index in [0.29, 0.717) is 31.0 Å². The Kier molecular flexibility index (Phi) is 7.45. The maximum absolute atomic E-state index is 13.0. The third-order valence-corrected chi connectivity index (χ3v) is 5.67. The first-order valence-corrected chi connectivity index (χ1v) is 10.7. The summed E-state index contributed by atoms with van der Waals surface area (Å²) in [6.45, 7) is 7.24. The number of rotatable bonds is 4. The van der Waals surface area contributed by atoms with Gasteiger partial charge in [0.25, 0.3) is 0 Å². The Morgan fingerprint density at radius 3 is 2.12 bits per heavy atom. The van der Waals surface area contributed by atoms with Gasteiger partial charge in [-0.05, 0) is 74.9 Å². The molecule has 1 saturated heterocycles. The molecule has 8 heteroatoms. The van der Waals surface area contributed by atoms with Gasteiger partial charge in [-0.2, -0.15) is 0 Å². The first kappa shape index (κ1) is 23.2. The van der Waals surface area contributed by atoms with Gasteiger partial charge in [0.15, 0.2) is 0 Å². The van der Waals surface area contributed by atoms with E-state index in [9.17, 15) is 18.8 Å². The van der Waals surface area contributed by atoms with Crippen molar-refractivity contribution in [2.75, 3.05) is 30.3 Å². The van der Waals surface area contributed by atoms with Crippen molar-refractivity contribution in [1.82, 2.24) is 10.2 Å². The Labute approximate surface area is 187 Å². The number of carbonyl (C=O) groups excluding carboxylic acids is 3. The predicted molar refractivity (Wildman–Crippen MR) is 122 cm³/mol. The molecule has 0 unspecified atom stereocenters. The number of benzene rings is 2. The lowest BCUT2D eigenvalue weighted by molar-refractivity contribution is -0.136. The Morgan fingerprint density at radius 1 is 0.938 bits per heavy atom. The summed E-state index contributed by atoms with van der Waals surface area (Å²) in [5.41, 5.74) is 4.12. The number of aryl methyl sites for hydroxylation is 3. The molecule has 7 nitrogen and oxygen atoms in total. The predicted octanol–water partition coefficient (Wildman–Crippen LogP) is 3.75. The third-order valence-electron chi connectivity index (χ3n) is 5.67. The lowest BCUT2D eigenvalue weighted by atomic mass is 9.97. The van der Waals surface area contributed by atoms with E-state index in [4.69, 9.17) is 0 Å². The van der Waals surface area contributed by atoms with E-state index in [1.807, 2.05) is 32.9 Å². The van der Waals surface area contributed by atoms with Crippen LogP contribution in [0.25, 0.3) is 0 Å². The van der Waals surface area contributed by atoms with Gasteiger partial charge in [-0.3, -0.25) is 9.59 Å². The molecule has 2 aromatic rings. The van der Waals surface area contributed by atoms with E-state index in [0.717, 1.165) is 29.5 Å². The quantitative estimate of drug-likeness (QED) is 0.633. The Balaban J connectivity index is 1.42. The molecule has 0 aliphatic carbocycles. The highest BCUT2D eigenvalue weighted by Gasteiger charge is 2.24. The van der Waals surface area contributed by atoms with Crippen LogP contribution in [0.4, 0.5) is 20.6 Å². The zero-order valence-electron chi connectivity index (χ0n) is 18.6. The summed E-state index contributed by atoms with van der Waals surface area (Å²) in [4.78, 5) is 38.6. The van der Waals surface area contributed by atoms with Crippen molar-refractivity contribution in [3.05, 3.63) is 58.9 Å². The Morgan fingerprint density at radius 2 is 1.53 bits per heavy atom. The number of urea groups is 1. The van der Waals surface area contributed by atoms with Gasteiger partial charge in [0.05, 0.1) is 0 Å². The van der Waals surface area contributed by atoms with E-state index in [-0.39, 0.29) is 17.8 Å². The van der Waals surface area contributed by atoms with Crippen molar-refractivity contribution in [2.45, 2.75) is 33.6 Å². The van der Waals surface area contributed by atoms with Crippen molar-refractivity contribution >= 4 is 29.2 Å². The molecule has 0 saturated carbocycles. The van der Waals surface area contributed by atoms with Gasteiger partial charge in [0.2, 0.25) is 0 Å². The molecule has 170 valence electrons. The van der Waals surface area contributed by atoms with E-state index in [2.05, 4.69) is 16.0 Å². The fourth-order valence-electron chi connectivity index (χ4n) is 3.94. The standard InChI is InChI=1S/C24H29FN4O3/c1-15-12-16(2)21(17(3)13-15)28-23(31)22(30)26-14-18-8-10-29(11-9-18)24(32)27-20-6-4-19(25)5-7-20/h4-7,12-13,18H,8-11,14H2,1-3H3,(H,26,30)(H,27,32)(H,28,31). The highest BCUT2D eigenvalue weighted by Crippen LogP contribution is 2.22. The van der Waals surface area contributed by atoms with Crippen LogP contribution in [0.15, 0.2) is 36.4 Å². The number of nitrogens with one attached hydrogen (secondary N) is 3. The molecule has 32 heavy (non-hydrogen) atoms. The minimum Gasteiger partial charge on any atom is -0.348 e. The molecule has 1 aliphatic heterocycles. The van der Waals surface area contributed by atoms with E-state index in [1.54, 1.807) is 4.90 Å². The van der Waals surface area contributed by atoms with Gasteiger partial charge in [0.1, 0.15) is 5.82 Å². The smallest absolute Gasteiger partial charge is 0.321 e. The fourth-order valence-corrected chi connectivity index (χ4v) is 3.94. The molecule has 0 aromatic heterocycles. The first-order valence-electron chi connectivity index (χ1n) is 10.7. The molecule has 0 radical (unpaired) electrons. The van der Waals surface area contributed by atoms with Crippen LogP contribution in [0.3, 0.4) is 0 Å². The van der Waals surface area contributed by atoms with Crippen LogP contribution in [0.5, 0.6) is 0 Å². The number of carbonyl (C=O) groups is 3. The molecule has 3 N–H and O–H groups in total. The molecular weight excluding hydrogens is 411 g/mol. The summed E-state index contributed by atoms with van der Waals surface area (Å²) in [6.07, 6.45) is 1.43. The molecule has 0 bridgehead atoms. The number of anilines is 2. The zero-order valence-corrected chi connectivity index (χ0v) is 18.6. The molecule has 0 atom stereocenters. The van der Waals surface area contributed by atoms with Crippen LogP contribution in [0.2, 0.25) is 0 Å². The maximum atomic E-state index is 13.0. The number of amides is 4. The van der Waals surface area contributed by atoms with Crippen LogP contribution in [-0.2, 0) is 9.59 Å². The monoisotopic (exact) mass is 440 g/mol. The minimum absolute atomic E-state index is 0.185. The average Bonchev–Trinajstić information content (AvgIpc) is 2.76.